The van der Waals surface area contributed by atoms with Gasteiger partial charge in [0.15, 0.2) is 0 Å². The molecular formula is C29H67NO13Si4. The van der Waals surface area contributed by atoms with Crippen LogP contribution < -0.4 is 0 Å². The lowest BCUT2D eigenvalue weighted by atomic mass is 9.94. The molecule has 0 aromatic carbocycles. The van der Waals surface area contributed by atoms with Crippen molar-refractivity contribution in [1.82, 2.24) is 4.90 Å². The van der Waals surface area contributed by atoms with Crippen molar-refractivity contribution in [2.24, 2.45) is 11.8 Å². The standard InChI is InChI=1S/C29H67NO13Si4/c1-30(26-27(18-14-22-44(32-2,33-3)34-4)19-15-23-45(35-5,36-6)37-7)29(31)28(20-16-24-46(38-8,39-9)40-10)21-17-25-47(41-11,42-12)43-13/h27-28H,14-26H2,1-13H3. The zero-order chi connectivity index (χ0) is 36.0. The van der Waals surface area contributed by atoms with Crippen molar-refractivity contribution >= 4 is 41.1 Å². The van der Waals surface area contributed by atoms with Gasteiger partial charge >= 0.3 is 35.2 Å². The van der Waals surface area contributed by atoms with Gasteiger partial charge in [-0.05, 0) is 57.3 Å². The minimum atomic E-state index is -2.76. The fraction of sp³-hybridized carbons (Fsp3) is 0.966. The minimum Gasteiger partial charge on any atom is -0.377 e. The number of carbonyl (C=O) groups excluding carboxylic acids is 1. The second-order valence-electron chi connectivity index (χ2n) is 11.5. The summed E-state index contributed by atoms with van der Waals surface area (Å²) in [6, 6.07) is 2.62. The summed E-state index contributed by atoms with van der Waals surface area (Å²) in [4.78, 5) is 16.0. The third kappa shape index (κ3) is 15.3. The van der Waals surface area contributed by atoms with Crippen molar-refractivity contribution in [3.05, 3.63) is 0 Å². The van der Waals surface area contributed by atoms with Crippen LogP contribution in [0.1, 0.15) is 51.4 Å². The van der Waals surface area contributed by atoms with E-state index in [9.17, 15) is 4.79 Å². The molecule has 0 spiro atoms. The van der Waals surface area contributed by atoms with Gasteiger partial charge in [0, 0.05) is 129 Å². The van der Waals surface area contributed by atoms with Crippen molar-refractivity contribution in [2.45, 2.75) is 75.5 Å². The summed E-state index contributed by atoms with van der Waals surface area (Å²) in [5.41, 5.74) is 0. The summed E-state index contributed by atoms with van der Waals surface area (Å²) in [6.45, 7) is 0.609. The second kappa shape index (κ2) is 24.9. The summed E-state index contributed by atoms with van der Waals surface area (Å²) in [6.07, 6.45) is 6.24. The Labute approximate surface area is 289 Å². The number of hydrogen-bond acceptors (Lipinski definition) is 13. The molecule has 0 saturated heterocycles. The molecule has 18 heteroatoms. The summed E-state index contributed by atoms with van der Waals surface area (Å²) in [5, 5.41) is 0. The Hall–Kier alpha value is -0.142. The van der Waals surface area contributed by atoms with E-state index in [1.807, 2.05) is 11.9 Å². The van der Waals surface area contributed by atoms with Gasteiger partial charge in [-0.15, -0.1) is 0 Å². The molecule has 0 fully saturated rings. The largest absolute Gasteiger partial charge is 0.500 e. The first kappa shape index (κ1) is 46.9. The van der Waals surface area contributed by atoms with E-state index >= 15 is 0 Å². The maximum atomic E-state index is 14.1. The van der Waals surface area contributed by atoms with Crippen molar-refractivity contribution < 1.29 is 57.9 Å². The Bertz CT molecular complexity index is 719. The first-order valence-electron chi connectivity index (χ1n) is 16.3. The Morgan fingerprint density at radius 1 is 0.447 bits per heavy atom. The lowest BCUT2D eigenvalue weighted by Crippen LogP contribution is -2.43. The maximum Gasteiger partial charge on any atom is 0.500 e. The van der Waals surface area contributed by atoms with Crippen LogP contribution in [0.25, 0.3) is 0 Å². The average molecular weight is 750 g/mol. The van der Waals surface area contributed by atoms with Gasteiger partial charge in [0.05, 0.1) is 0 Å². The van der Waals surface area contributed by atoms with Crippen LogP contribution in [0.5, 0.6) is 0 Å². The summed E-state index contributed by atoms with van der Waals surface area (Å²) in [7, 11) is 10.4. The summed E-state index contributed by atoms with van der Waals surface area (Å²) in [5.74, 6) is 0.129. The molecule has 0 rings (SSSR count). The van der Waals surface area contributed by atoms with Crippen LogP contribution in [-0.2, 0) is 57.9 Å². The molecule has 0 atom stereocenters. The molecule has 0 unspecified atom stereocenters. The van der Waals surface area contributed by atoms with Gasteiger partial charge in [-0.3, -0.25) is 4.79 Å². The Balaban J connectivity index is 5.89. The first-order chi connectivity index (χ1) is 22.4. The molecular weight excluding hydrogens is 683 g/mol. The predicted octanol–water partition coefficient (Wildman–Crippen LogP) is 4.31. The molecule has 0 bridgehead atoms. The number of carbonyl (C=O) groups is 1. The Morgan fingerprint density at radius 3 is 0.915 bits per heavy atom. The lowest BCUT2D eigenvalue weighted by molar-refractivity contribution is -0.135. The normalized spacial score (nSPS) is 13.3. The van der Waals surface area contributed by atoms with Gasteiger partial charge in [-0.2, -0.15) is 0 Å². The number of rotatable bonds is 31. The fourth-order valence-electron chi connectivity index (χ4n) is 6.08. The molecule has 0 aliphatic carbocycles. The Kier molecular flexibility index (Phi) is 24.8. The van der Waals surface area contributed by atoms with E-state index in [1.54, 1.807) is 85.3 Å². The third-order valence-corrected chi connectivity index (χ3v) is 20.6. The van der Waals surface area contributed by atoms with Crippen molar-refractivity contribution in [3.8, 4) is 0 Å². The summed E-state index contributed by atoms with van der Waals surface area (Å²) >= 11 is 0. The third-order valence-electron chi connectivity index (χ3n) is 9.25. The van der Waals surface area contributed by atoms with E-state index in [-0.39, 0.29) is 17.7 Å². The van der Waals surface area contributed by atoms with E-state index in [1.165, 1.54) is 0 Å². The van der Waals surface area contributed by atoms with Crippen LogP contribution >= 0.6 is 0 Å². The zero-order valence-electron chi connectivity index (χ0n) is 31.6. The Morgan fingerprint density at radius 2 is 0.681 bits per heavy atom. The molecule has 0 aromatic heterocycles. The van der Waals surface area contributed by atoms with Gasteiger partial charge in [0.2, 0.25) is 5.91 Å². The molecule has 14 nitrogen and oxygen atoms in total. The molecule has 0 aliphatic rings. The number of amides is 1. The molecule has 0 N–H and O–H groups in total. The summed E-state index contributed by atoms with van der Waals surface area (Å²) < 4.78 is 67.6. The van der Waals surface area contributed by atoms with E-state index in [4.69, 9.17) is 53.1 Å². The maximum absolute atomic E-state index is 14.1. The predicted molar refractivity (Wildman–Crippen MR) is 188 cm³/mol. The highest BCUT2D eigenvalue weighted by Crippen LogP contribution is 2.28. The average Bonchev–Trinajstić information content (AvgIpc) is 3.11. The van der Waals surface area contributed by atoms with Crippen LogP contribution in [0, 0.1) is 11.8 Å². The fourth-order valence-corrected chi connectivity index (χ4v) is 13.1. The quantitative estimate of drug-likeness (QED) is 0.0935. The molecule has 0 aromatic rings. The second-order valence-corrected chi connectivity index (χ2v) is 23.9. The van der Waals surface area contributed by atoms with E-state index in [0.29, 0.717) is 43.6 Å². The highest BCUT2D eigenvalue weighted by Gasteiger charge is 2.41. The molecule has 1 amide bonds. The van der Waals surface area contributed by atoms with Gasteiger partial charge in [0.25, 0.3) is 0 Å². The van der Waals surface area contributed by atoms with Crippen LogP contribution in [-0.4, -0.2) is 145 Å². The number of nitrogens with zero attached hydrogens (tertiary/aromatic N) is 1. The molecule has 47 heavy (non-hydrogen) atoms. The van der Waals surface area contributed by atoms with Crippen LogP contribution in [0.15, 0.2) is 0 Å². The van der Waals surface area contributed by atoms with Gasteiger partial charge in [-0.25, -0.2) is 0 Å². The number of hydrogen-bond donors (Lipinski definition) is 0. The molecule has 0 aliphatic heterocycles. The molecule has 0 heterocycles. The van der Waals surface area contributed by atoms with E-state index in [2.05, 4.69) is 0 Å². The van der Waals surface area contributed by atoms with E-state index in [0.717, 1.165) is 38.5 Å². The topological polar surface area (TPSA) is 131 Å². The monoisotopic (exact) mass is 749 g/mol. The highest BCUT2D eigenvalue weighted by molar-refractivity contribution is 6.61. The van der Waals surface area contributed by atoms with Crippen molar-refractivity contribution in [1.29, 1.82) is 0 Å². The van der Waals surface area contributed by atoms with E-state index < -0.39 is 35.2 Å². The minimum absolute atomic E-state index is 0.109. The molecule has 282 valence electrons. The van der Waals surface area contributed by atoms with Crippen molar-refractivity contribution in [2.75, 3.05) is 98.9 Å². The smallest absolute Gasteiger partial charge is 0.377 e. The SMILES string of the molecule is CO[Si](CCCC(CCC[Si](OC)(OC)OC)CN(C)C(=O)C(CCC[Si](OC)(OC)OC)CCC[Si](OC)(OC)OC)(OC)OC. The van der Waals surface area contributed by atoms with Gasteiger partial charge < -0.3 is 58.0 Å². The van der Waals surface area contributed by atoms with Gasteiger partial charge in [-0.1, -0.05) is 0 Å². The van der Waals surface area contributed by atoms with Crippen LogP contribution in [0.4, 0.5) is 0 Å². The van der Waals surface area contributed by atoms with Gasteiger partial charge in [0.1, 0.15) is 0 Å². The zero-order valence-corrected chi connectivity index (χ0v) is 35.6. The first-order valence-corrected chi connectivity index (χ1v) is 24.0. The van der Waals surface area contributed by atoms with Crippen LogP contribution in [0.2, 0.25) is 24.2 Å². The highest BCUT2D eigenvalue weighted by atomic mass is 28.4. The molecule has 0 radical (unpaired) electrons. The lowest BCUT2D eigenvalue weighted by Gasteiger charge is -2.31. The molecule has 0 saturated carbocycles. The van der Waals surface area contributed by atoms with Crippen molar-refractivity contribution in [3.63, 3.8) is 0 Å². The van der Waals surface area contributed by atoms with Crippen LogP contribution in [0.3, 0.4) is 0 Å².